The van der Waals surface area contributed by atoms with Crippen LogP contribution in [0.15, 0.2) is 93.1 Å². The first kappa shape index (κ1) is 101. The molecular weight excluding hydrogens is 1680 g/mol. The number of aliphatic imine (C=N–C) groups is 1. The SMILES string of the molecule is [N-]=C=Nc1ccc([N+](=O)[O-])c(C(=O)CCCSSCCC(=O)ON2C(=O)CC(S(=O)(=O)[O-])C2=O)c1.[N-]=[N+]=Nc1ccc(CCCCCCC(=O)ON2C(=O)CC(S(=O)(=O)[O-])C2=O)c([N+](=O)[O-])c1.[N-]=[N+]=Nc1ccc(CCCCCCC(=O)ON2C(=O)CCC2=O)c([N+](=O)[O-])c1.[N-]=[N+]=Nc1ccc([N+](=O)[O-])c(CON2C(=O)CCC2=O)c1.[Na+].[Na+]. The Kier molecular flexibility index (Phi) is 42.7. The van der Waals surface area contributed by atoms with Crippen LogP contribution in [0.25, 0.3) is 36.7 Å². The molecule has 55 heteroatoms. The number of nitrogens with zero attached hydrogens (tertiary/aromatic N) is 19. The molecule has 4 fully saturated rings. The summed E-state index contributed by atoms with van der Waals surface area (Å²) in [7, 11) is -7.57. The van der Waals surface area contributed by atoms with Crippen molar-refractivity contribution in [2.24, 2.45) is 20.3 Å². The number of carbonyl (C=O) groups is 12. The van der Waals surface area contributed by atoms with Crippen LogP contribution in [-0.4, -0.2) is 165 Å². The summed E-state index contributed by atoms with van der Waals surface area (Å²) in [4.78, 5) is 212. The Hall–Kier alpha value is -11.1. The summed E-state index contributed by atoms with van der Waals surface area (Å²) in [6.45, 7) is -0.359. The minimum atomic E-state index is -5.05. The molecule has 0 aromatic heterocycles. The monoisotopic (exact) mass is 1740 g/mol. The molecule has 4 aliphatic heterocycles. The number of rotatable bonds is 39. The smallest absolute Gasteiger partial charge is 0.747 e. The Morgan fingerprint density at radius 3 is 1.25 bits per heavy atom. The van der Waals surface area contributed by atoms with Crippen molar-refractivity contribution in [1.29, 1.82) is 0 Å². The van der Waals surface area contributed by atoms with Crippen LogP contribution in [0, 0.1) is 40.5 Å². The molecule has 49 nitrogen and oxygen atoms in total. The van der Waals surface area contributed by atoms with Gasteiger partial charge in [0.1, 0.15) is 37.3 Å². The first-order valence-corrected chi connectivity index (χ1v) is 39.1. The van der Waals surface area contributed by atoms with Gasteiger partial charge in [0.15, 0.2) is 5.78 Å². The van der Waals surface area contributed by atoms with Crippen LogP contribution in [0.1, 0.15) is 149 Å². The quantitative estimate of drug-likeness (QED) is 0.00499. The van der Waals surface area contributed by atoms with E-state index in [0.717, 1.165) is 18.6 Å². The average molecular weight is 1740 g/mol. The average Bonchev–Trinajstić information content (AvgIpc) is 1.67. The number of unbranched alkanes of at least 4 members (excludes halogenated alkanes) is 6. The van der Waals surface area contributed by atoms with E-state index in [4.69, 9.17) is 31.7 Å². The molecule has 616 valence electrons. The van der Waals surface area contributed by atoms with E-state index < -0.39 is 134 Å². The van der Waals surface area contributed by atoms with Gasteiger partial charge in [-0.25, -0.2) is 31.2 Å². The van der Waals surface area contributed by atoms with Gasteiger partial charge in [-0.2, -0.15) is 11.1 Å². The maximum Gasteiger partial charge on any atom is 1.00 e. The summed E-state index contributed by atoms with van der Waals surface area (Å²) in [5, 5.41) is 59.9. The van der Waals surface area contributed by atoms with Gasteiger partial charge in [-0.3, -0.25) is 88.4 Å². The Morgan fingerprint density at radius 2 is 0.839 bits per heavy atom. The number of Topliss-reactive ketones (excluding diaryl/α,β-unsaturated/α-hetero) is 1. The van der Waals surface area contributed by atoms with Crippen molar-refractivity contribution in [3.05, 3.63) is 172 Å². The van der Waals surface area contributed by atoms with Gasteiger partial charge in [0.2, 0.25) is 0 Å². The number of hydroxylamine groups is 8. The van der Waals surface area contributed by atoms with Crippen molar-refractivity contribution in [1.82, 2.24) is 20.3 Å². The molecule has 4 aliphatic rings. The zero-order valence-corrected chi connectivity index (χ0v) is 69.2. The molecule has 0 saturated carbocycles. The number of amides is 8. The molecule has 2 unspecified atom stereocenters. The van der Waals surface area contributed by atoms with Gasteiger partial charge in [-0.05, 0) is 85.4 Å². The molecule has 8 amide bonds. The second-order valence-electron chi connectivity index (χ2n) is 23.9. The van der Waals surface area contributed by atoms with Crippen LogP contribution >= 0.6 is 21.6 Å². The minimum Gasteiger partial charge on any atom is -0.747 e. The number of aryl methyl sites for hydroxylation is 2. The van der Waals surface area contributed by atoms with E-state index in [9.17, 15) is 124 Å². The van der Waals surface area contributed by atoms with Gasteiger partial charge in [0.25, 0.3) is 70.0 Å². The van der Waals surface area contributed by atoms with Crippen LogP contribution in [0.5, 0.6) is 0 Å². The van der Waals surface area contributed by atoms with Crippen molar-refractivity contribution in [2.75, 3.05) is 11.5 Å². The van der Waals surface area contributed by atoms with Crippen molar-refractivity contribution >= 4 is 164 Å². The number of benzene rings is 4. The standard InChI is InChI=1S/C18H17N4O10S3.C17H19N5O9S.C17H19N5O6.C11H9N5O5.2Na/c19-10-20-11-3-4-13(22(27)28)12(8-11)14(23)2-1-6-33-34-7-5-17(25)32-21-16(24)9-15(18(21)26)35(29,30)31;18-20-19-12-8-7-11(13(9-12)22(26)27)5-3-1-2-4-6-16(24)31-21-15(23)10-14(17(21)25)32(28,29)30;18-20-19-13-8-7-12(14(11-13)22(26)27)5-3-1-2-4-6-17(25)28-21-15(23)9-10-16(21)24;12-14-13-8-1-2-9(16(19)20)7(5-8)6-21-15-10(17)3-4-11(15)18;;/h3-4,8,15H,1-2,5-7,9H2,(H,29,30,31);7-9,14H,1-6,10H2,(H,28,29,30);7-8,11H,1-6,9-10H2;1-2,5H,3-4,6H2;;/q-1;;;;2*+1/p-2. The maximum atomic E-state index is 12.4. The molecule has 0 bridgehead atoms. The third-order valence-electron chi connectivity index (χ3n) is 15.9. The normalized spacial score (nSPS) is 14.7. The zero-order chi connectivity index (χ0) is 86.0. The number of carbonyl (C=O) groups excluding carboxylic acids is 12. The molecule has 2 atom stereocenters. The fourth-order valence-electron chi connectivity index (χ4n) is 10.4. The van der Waals surface area contributed by atoms with Crippen molar-refractivity contribution in [3.8, 4) is 0 Å². The summed E-state index contributed by atoms with van der Waals surface area (Å²) in [6.07, 6.45) is 4.08. The summed E-state index contributed by atoms with van der Waals surface area (Å²) >= 11 is 0. The number of imide groups is 4. The van der Waals surface area contributed by atoms with Gasteiger partial charge < -0.3 is 34.0 Å². The van der Waals surface area contributed by atoms with E-state index in [0.29, 0.717) is 91.2 Å². The van der Waals surface area contributed by atoms with Crippen LogP contribution in [0.4, 0.5) is 45.5 Å². The summed E-state index contributed by atoms with van der Waals surface area (Å²) < 4.78 is 65.7. The molecule has 4 saturated heterocycles. The van der Waals surface area contributed by atoms with Crippen LogP contribution in [-0.2, 0) is 112 Å². The molecule has 0 aliphatic carbocycles. The number of nitro benzene ring substituents is 4. The summed E-state index contributed by atoms with van der Waals surface area (Å²) in [6, 6.07) is 17.3. The fourth-order valence-corrected chi connectivity index (χ4v) is 13.8. The predicted molar refractivity (Wildman–Crippen MR) is 391 cm³/mol. The van der Waals surface area contributed by atoms with Gasteiger partial charge in [-0.1, -0.05) is 92.9 Å². The summed E-state index contributed by atoms with van der Waals surface area (Å²) in [5.74, 6) is -9.36. The molecular formula is C63H62N19Na2O30S4-. The fraction of sp³-hybridized carbons (Fsp3) is 0.413. The van der Waals surface area contributed by atoms with E-state index in [2.05, 4.69) is 44.7 Å². The molecule has 4 aromatic rings. The second kappa shape index (κ2) is 49.9. The van der Waals surface area contributed by atoms with Gasteiger partial charge in [0.05, 0.1) is 50.1 Å². The molecule has 118 heavy (non-hydrogen) atoms. The first-order valence-electron chi connectivity index (χ1n) is 33.7. The molecule has 0 radical (unpaired) electrons. The third-order valence-corrected chi connectivity index (χ3v) is 20.6. The molecule has 8 rings (SSSR count). The largest absolute Gasteiger partial charge is 1.00 e. The Morgan fingerprint density at radius 1 is 0.458 bits per heavy atom. The Bertz CT molecular complexity index is 4970. The third kappa shape index (κ3) is 32.1. The van der Waals surface area contributed by atoms with E-state index >= 15 is 0 Å². The topological polar surface area (TPSA) is 723 Å². The number of nitro groups is 4. The van der Waals surface area contributed by atoms with Gasteiger partial charge in [0, 0.05) is 124 Å². The van der Waals surface area contributed by atoms with Crippen LogP contribution in [0.2, 0.25) is 0 Å². The summed E-state index contributed by atoms with van der Waals surface area (Å²) in [5.41, 5.74) is 25.9. The molecule has 4 aromatic carbocycles. The van der Waals surface area contributed by atoms with Crippen LogP contribution < -0.4 is 59.1 Å². The van der Waals surface area contributed by atoms with Crippen molar-refractivity contribution in [2.45, 2.75) is 152 Å². The first-order chi connectivity index (χ1) is 54.9. The van der Waals surface area contributed by atoms with Crippen molar-refractivity contribution in [3.63, 3.8) is 0 Å². The minimum absolute atomic E-state index is 0. The van der Waals surface area contributed by atoms with E-state index in [1.807, 2.05) is 0 Å². The predicted octanol–water partition coefficient (Wildman–Crippen LogP) is 3.76. The Balaban J connectivity index is 0.000000410. The van der Waals surface area contributed by atoms with E-state index in [1.54, 1.807) is 12.1 Å². The maximum absolute atomic E-state index is 12.4. The number of ketones is 1. The molecule has 0 N–H and O–H groups in total. The second-order valence-corrected chi connectivity index (χ2v) is 29.8. The Labute approximate surface area is 716 Å². The number of hydrogen-bond acceptors (Lipinski definition) is 36. The van der Waals surface area contributed by atoms with E-state index in [-0.39, 0.29) is 190 Å². The molecule has 4 heterocycles. The number of hydrogen-bond donors (Lipinski definition) is 0. The van der Waals surface area contributed by atoms with E-state index in [1.165, 1.54) is 76.2 Å². The van der Waals surface area contributed by atoms with Gasteiger partial charge >= 0.3 is 77.0 Å². The molecule has 0 spiro atoms. The number of azide groups is 3. The van der Waals surface area contributed by atoms with Gasteiger partial charge in [-0.15, -0.1) is 15.2 Å². The zero-order valence-electron chi connectivity index (χ0n) is 61.9. The van der Waals surface area contributed by atoms with Crippen LogP contribution in [0.3, 0.4) is 0 Å². The van der Waals surface area contributed by atoms with Crippen molar-refractivity contribution < 1.29 is 182 Å².